The molecule has 0 amide bonds. The predicted molar refractivity (Wildman–Crippen MR) is 75.0 cm³/mol. The van der Waals surface area contributed by atoms with Gasteiger partial charge in [0, 0.05) is 6.54 Å². The zero-order valence-corrected chi connectivity index (χ0v) is 11.4. The topological polar surface area (TPSA) is 17.8 Å². The van der Waals surface area contributed by atoms with Crippen LogP contribution in [0.5, 0.6) is 0 Å². The van der Waals surface area contributed by atoms with Gasteiger partial charge in [0.2, 0.25) is 0 Å². The molecule has 0 aliphatic carbocycles. The second-order valence-corrected chi connectivity index (χ2v) is 4.93. The molecule has 2 nitrogen and oxygen atoms in total. The van der Waals surface area contributed by atoms with E-state index >= 15 is 0 Å². The van der Waals surface area contributed by atoms with E-state index in [1.54, 1.807) is 6.92 Å². The number of alkyl halides is 3. The maximum atomic E-state index is 12.7. The quantitative estimate of drug-likeness (QED) is 0.683. The number of rotatable bonds is 2. The molecule has 0 saturated heterocycles. The summed E-state index contributed by atoms with van der Waals surface area (Å²) >= 11 is 0. The first kappa shape index (κ1) is 13.7. The number of aryl methyl sites for hydroxylation is 1. The molecule has 0 atom stereocenters. The van der Waals surface area contributed by atoms with Crippen LogP contribution in [-0.2, 0) is 12.7 Å². The second kappa shape index (κ2) is 4.91. The first-order chi connectivity index (χ1) is 9.95. The Morgan fingerprint density at radius 2 is 1.76 bits per heavy atom. The summed E-state index contributed by atoms with van der Waals surface area (Å²) in [5.41, 5.74) is 1.50. The Hall–Kier alpha value is -2.30. The molecule has 3 aromatic rings. The number of aromatic nitrogens is 2. The normalized spacial score (nSPS) is 12.0. The minimum atomic E-state index is -4.34. The molecule has 0 bridgehead atoms. The van der Waals surface area contributed by atoms with Crippen molar-refractivity contribution in [3.8, 4) is 0 Å². The van der Waals surface area contributed by atoms with E-state index in [4.69, 9.17) is 0 Å². The van der Waals surface area contributed by atoms with Gasteiger partial charge in [0.25, 0.3) is 0 Å². The maximum absolute atomic E-state index is 12.7. The summed E-state index contributed by atoms with van der Waals surface area (Å²) in [6, 6.07) is 13.5. The Labute approximate surface area is 119 Å². The minimum absolute atomic E-state index is 0.373. The molecule has 2 aromatic carbocycles. The lowest BCUT2D eigenvalue weighted by Crippen LogP contribution is -2.05. The smallest absolute Gasteiger partial charge is 0.324 e. The highest BCUT2D eigenvalue weighted by atomic mass is 19.4. The number of hydrogen-bond acceptors (Lipinski definition) is 1. The number of halogens is 3. The maximum Gasteiger partial charge on any atom is 0.416 e. The molecule has 1 heterocycles. The van der Waals surface area contributed by atoms with Crippen molar-refractivity contribution in [1.82, 2.24) is 9.55 Å². The van der Waals surface area contributed by atoms with Gasteiger partial charge in [0.05, 0.1) is 16.6 Å². The summed E-state index contributed by atoms with van der Waals surface area (Å²) in [5.74, 6) is 0.702. The van der Waals surface area contributed by atoms with Gasteiger partial charge < -0.3 is 4.57 Å². The molecule has 0 fully saturated rings. The highest BCUT2D eigenvalue weighted by molar-refractivity contribution is 5.77. The summed E-state index contributed by atoms with van der Waals surface area (Å²) < 4.78 is 40.1. The van der Waals surface area contributed by atoms with Crippen LogP contribution >= 0.6 is 0 Å². The summed E-state index contributed by atoms with van der Waals surface area (Å²) in [6.07, 6.45) is -4.34. The van der Waals surface area contributed by atoms with Crippen molar-refractivity contribution in [1.29, 1.82) is 0 Å². The number of fused-ring (bicyclic) bond motifs is 1. The Morgan fingerprint density at radius 1 is 1.05 bits per heavy atom. The largest absolute Gasteiger partial charge is 0.416 e. The van der Waals surface area contributed by atoms with Crippen LogP contribution in [0, 0.1) is 6.92 Å². The van der Waals surface area contributed by atoms with Crippen molar-refractivity contribution >= 4 is 11.0 Å². The molecule has 0 spiro atoms. The van der Waals surface area contributed by atoms with Gasteiger partial charge in [-0.3, -0.25) is 0 Å². The number of imidazole rings is 1. The van der Waals surface area contributed by atoms with Gasteiger partial charge >= 0.3 is 6.18 Å². The Morgan fingerprint density at radius 3 is 2.43 bits per heavy atom. The van der Waals surface area contributed by atoms with Gasteiger partial charge in [-0.15, -0.1) is 0 Å². The van der Waals surface area contributed by atoms with Crippen molar-refractivity contribution in [2.45, 2.75) is 19.6 Å². The van der Waals surface area contributed by atoms with E-state index in [9.17, 15) is 13.2 Å². The lowest BCUT2D eigenvalue weighted by atomic mass is 10.2. The highest BCUT2D eigenvalue weighted by Crippen LogP contribution is 2.31. The summed E-state index contributed by atoms with van der Waals surface area (Å²) in [7, 11) is 0. The predicted octanol–water partition coefficient (Wildman–Crippen LogP) is 4.41. The molecule has 0 radical (unpaired) electrons. The van der Waals surface area contributed by atoms with Gasteiger partial charge in [0.1, 0.15) is 5.82 Å². The monoisotopic (exact) mass is 290 g/mol. The van der Waals surface area contributed by atoms with Gasteiger partial charge in [-0.05, 0) is 30.7 Å². The van der Waals surface area contributed by atoms with Gasteiger partial charge in [-0.25, -0.2) is 4.98 Å². The van der Waals surface area contributed by atoms with E-state index in [0.29, 0.717) is 23.4 Å². The molecule has 1 aromatic heterocycles. The SMILES string of the molecule is Cc1nc2cc(C(F)(F)F)ccc2n1Cc1ccccc1. The summed E-state index contributed by atoms with van der Waals surface area (Å²) in [5, 5.41) is 0. The minimum Gasteiger partial charge on any atom is -0.324 e. The zero-order chi connectivity index (χ0) is 15.0. The van der Waals surface area contributed by atoms with Crippen LogP contribution < -0.4 is 0 Å². The molecule has 21 heavy (non-hydrogen) atoms. The Kier molecular flexibility index (Phi) is 3.20. The fourth-order valence-corrected chi connectivity index (χ4v) is 2.39. The van der Waals surface area contributed by atoms with Crippen LogP contribution in [0.25, 0.3) is 11.0 Å². The molecular weight excluding hydrogens is 277 g/mol. The van der Waals surface area contributed by atoms with Crippen molar-refractivity contribution in [3.63, 3.8) is 0 Å². The molecule has 3 rings (SSSR count). The molecule has 0 unspecified atom stereocenters. The standard InChI is InChI=1S/C16H13F3N2/c1-11-20-14-9-13(16(17,18)19)7-8-15(14)21(11)10-12-5-3-2-4-6-12/h2-9H,10H2,1H3. The molecule has 0 aliphatic rings. The fourth-order valence-electron chi connectivity index (χ4n) is 2.39. The molecule has 0 saturated carbocycles. The first-order valence-electron chi connectivity index (χ1n) is 6.53. The van der Waals surface area contributed by atoms with Crippen molar-refractivity contribution in [2.24, 2.45) is 0 Å². The van der Waals surface area contributed by atoms with Gasteiger partial charge in [-0.1, -0.05) is 30.3 Å². The molecule has 5 heteroatoms. The molecular formula is C16H13F3N2. The first-order valence-corrected chi connectivity index (χ1v) is 6.53. The van der Waals surface area contributed by atoms with Crippen LogP contribution in [0.1, 0.15) is 17.0 Å². The average Bonchev–Trinajstić information content (AvgIpc) is 2.75. The number of hydrogen-bond donors (Lipinski definition) is 0. The van der Waals surface area contributed by atoms with Crippen LogP contribution in [0.4, 0.5) is 13.2 Å². The van der Waals surface area contributed by atoms with Crippen LogP contribution in [0.3, 0.4) is 0 Å². The lowest BCUT2D eigenvalue weighted by molar-refractivity contribution is -0.137. The van der Waals surface area contributed by atoms with Crippen molar-refractivity contribution in [3.05, 3.63) is 65.5 Å². The Balaban J connectivity index is 2.06. The van der Waals surface area contributed by atoms with E-state index in [1.165, 1.54) is 6.07 Å². The third kappa shape index (κ3) is 2.63. The average molecular weight is 290 g/mol. The summed E-state index contributed by atoms with van der Waals surface area (Å²) in [4.78, 5) is 4.25. The second-order valence-electron chi connectivity index (χ2n) is 4.93. The van der Waals surface area contributed by atoms with E-state index in [2.05, 4.69) is 4.98 Å². The molecule has 108 valence electrons. The third-order valence-corrected chi connectivity index (χ3v) is 3.45. The number of nitrogens with zero attached hydrogens (tertiary/aromatic N) is 2. The van der Waals surface area contributed by atoms with Gasteiger partial charge in [0.15, 0.2) is 0 Å². The van der Waals surface area contributed by atoms with E-state index in [-0.39, 0.29) is 0 Å². The molecule has 0 N–H and O–H groups in total. The summed E-state index contributed by atoms with van der Waals surface area (Å²) in [6.45, 7) is 2.39. The van der Waals surface area contributed by atoms with E-state index < -0.39 is 11.7 Å². The number of benzene rings is 2. The van der Waals surface area contributed by atoms with Gasteiger partial charge in [-0.2, -0.15) is 13.2 Å². The van der Waals surface area contributed by atoms with Crippen LogP contribution in [-0.4, -0.2) is 9.55 Å². The lowest BCUT2D eigenvalue weighted by Gasteiger charge is -2.08. The van der Waals surface area contributed by atoms with Crippen molar-refractivity contribution < 1.29 is 13.2 Å². The van der Waals surface area contributed by atoms with E-state index in [1.807, 2.05) is 34.9 Å². The third-order valence-electron chi connectivity index (χ3n) is 3.45. The van der Waals surface area contributed by atoms with Crippen molar-refractivity contribution in [2.75, 3.05) is 0 Å². The van der Waals surface area contributed by atoms with Crippen LogP contribution in [0.2, 0.25) is 0 Å². The zero-order valence-electron chi connectivity index (χ0n) is 11.4. The molecule has 0 aliphatic heterocycles. The fraction of sp³-hybridized carbons (Fsp3) is 0.188. The van der Waals surface area contributed by atoms with E-state index in [0.717, 1.165) is 17.7 Å². The highest BCUT2D eigenvalue weighted by Gasteiger charge is 2.30. The van der Waals surface area contributed by atoms with Crippen LogP contribution in [0.15, 0.2) is 48.5 Å². The Bertz CT molecular complexity index is 773.